The summed E-state index contributed by atoms with van der Waals surface area (Å²) in [6.45, 7) is 3.93. The van der Waals surface area contributed by atoms with Crippen LogP contribution in [0.5, 0.6) is 28.7 Å². The Labute approximate surface area is 232 Å². The number of fused-ring (bicyclic) bond motifs is 1. The minimum absolute atomic E-state index is 0.306. The van der Waals surface area contributed by atoms with Crippen molar-refractivity contribution in [3.05, 3.63) is 82.7 Å². The van der Waals surface area contributed by atoms with E-state index < -0.39 is 17.5 Å². The van der Waals surface area contributed by atoms with Gasteiger partial charge in [-0.25, -0.2) is 9.40 Å². The van der Waals surface area contributed by atoms with Gasteiger partial charge < -0.3 is 23.7 Å². The summed E-state index contributed by atoms with van der Waals surface area (Å²) in [6.07, 6.45) is 4.33. The number of hydrazone groups is 1. The van der Waals surface area contributed by atoms with Crippen LogP contribution in [-0.4, -0.2) is 50.7 Å². The lowest BCUT2D eigenvalue weighted by Crippen LogP contribution is -2.28. The lowest BCUT2D eigenvalue weighted by Gasteiger charge is -2.30. The monoisotopic (exact) mass is 546 g/mol. The third kappa shape index (κ3) is 4.83. The normalized spacial score (nSPS) is 17.0. The molecule has 40 heavy (non-hydrogen) atoms. The molecule has 1 atom stereocenters. The van der Waals surface area contributed by atoms with Crippen LogP contribution in [0.15, 0.2) is 59.7 Å². The molecule has 9 heteroatoms. The fourth-order valence-electron chi connectivity index (χ4n) is 4.97. The quantitative estimate of drug-likeness (QED) is 0.360. The summed E-state index contributed by atoms with van der Waals surface area (Å²) in [4.78, 5) is 13.8. The first-order valence-electron chi connectivity index (χ1n) is 12.8. The highest BCUT2D eigenvalue weighted by Crippen LogP contribution is 2.46. The first-order valence-corrected chi connectivity index (χ1v) is 12.8. The molecule has 0 N–H and O–H groups in total. The standard InChI is InChI=1S/C31H31FN2O6/c1-31(2)14-13-22-25(36-3)12-11-21(28(22)40-31)23-17-24(19-15-26(37-4)29(39-6)27(16-19)38-5)34(33-23)30(35)18-7-9-20(32)10-8-18/h7-16,24H,17H2,1-6H3. The number of halogens is 1. The molecule has 3 aromatic carbocycles. The minimum atomic E-state index is -0.549. The van der Waals surface area contributed by atoms with Crippen molar-refractivity contribution in [3.8, 4) is 28.7 Å². The summed E-state index contributed by atoms with van der Waals surface area (Å²) < 4.78 is 42.3. The maximum atomic E-state index is 13.8. The smallest absolute Gasteiger partial charge is 0.274 e. The number of amides is 1. The molecule has 1 unspecified atom stereocenters. The first-order chi connectivity index (χ1) is 19.2. The van der Waals surface area contributed by atoms with Gasteiger partial charge in [0, 0.05) is 17.5 Å². The van der Waals surface area contributed by atoms with Crippen molar-refractivity contribution in [2.24, 2.45) is 5.10 Å². The van der Waals surface area contributed by atoms with Crippen LogP contribution in [-0.2, 0) is 0 Å². The van der Waals surface area contributed by atoms with Gasteiger partial charge in [-0.05, 0) is 80.1 Å². The van der Waals surface area contributed by atoms with E-state index in [-0.39, 0.29) is 5.91 Å². The fourth-order valence-corrected chi connectivity index (χ4v) is 4.97. The average molecular weight is 547 g/mol. The van der Waals surface area contributed by atoms with Crippen molar-refractivity contribution in [2.75, 3.05) is 28.4 Å². The largest absolute Gasteiger partial charge is 0.496 e. The predicted octanol–water partition coefficient (Wildman–Crippen LogP) is 6.04. The second kappa shape index (κ2) is 10.6. The lowest BCUT2D eigenvalue weighted by atomic mass is 9.93. The molecule has 0 saturated carbocycles. The summed E-state index contributed by atoms with van der Waals surface area (Å²) in [6, 6.07) is 12.3. The average Bonchev–Trinajstić information content (AvgIpc) is 3.40. The molecule has 0 bridgehead atoms. The Kier molecular flexibility index (Phi) is 7.14. The zero-order valence-corrected chi connectivity index (χ0v) is 23.3. The highest BCUT2D eigenvalue weighted by Gasteiger charge is 2.37. The second-order valence-corrected chi connectivity index (χ2v) is 9.98. The summed E-state index contributed by atoms with van der Waals surface area (Å²) >= 11 is 0. The van der Waals surface area contributed by atoms with Crippen LogP contribution in [0.25, 0.3) is 6.08 Å². The molecule has 0 spiro atoms. The molecule has 2 heterocycles. The molecule has 0 fully saturated rings. The van der Waals surface area contributed by atoms with Crippen LogP contribution in [0.4, 0.5) is 4.39 Å². The number of ether oxygens (including phenoxy) is 5. The van der Waals surface area contributed by atoms with Crippen LogP contribution in [0, 0.1) is 5.82 Å². The Morgan fingerprint density at radius 2 is 1.60 bits per heavy atom. The zero-order valence-electron chi connectivity index (χ0n) is 23.3. The second-order valence-electron chi connectivity index (χ2n) is 9.98. The number of carbonyl (C=O) groups is 1. The SMILES string of the molecule is COc1ccc(C2=NN(C(=O)c3ccc(F)cc3)C(c3cc(OC)c(OC)c(OC)c3)C2)c2c1C=CC(C)(C)O2. The molecule has 3 aromatic rings. The van der Waals surface area contributed by atoms with Gasteiger partial charge in [0.2, 0.25) is 5.75 Å². The van der Waals surface area contributed by atoms with Gasteiger partial charge in [-0.1, -0.05) is 0 Å². The van der Waals surface area contributed by atoms with Gasteiger partial charge in [-0.15, -0.1) is 0 Å². The van der Waals surface area contributed by atoms with Gasteiger partial charge in [0.25, 0.3) is 5.91 Å². The van der Waals surface area contributed by atoms with E-state index in [2.05, 4.69) is 0 Å². The van der Waals surface area contributed by atoms with Gasteiger partial charge >= 0.3 is 0 Å². The molecule has 2 aliphatic heterocycles. The topological polar surface area (TPSA) is 78.8 Å². The third-order valence-electron chi connectivity index (χ3n) is 6.98. The zero-order chi connectivity index (χ0) is 28.6. The Morgan fingerprint density at radius 3 is 2.20 bits per heavy atom. The van der Waals surface area contributed by atoms with Crippen molar-refractivity contribution in [1.82, 2.24) is 5.01 Å². The molecule has 0 saturated heterocycles. The number of nitrogens with zero attached hydrogens (tertiary/aromatic N) is 2. The molecule has 0 radical (unpaired) electrons. The van der Waals surface area contributed by atoms with Crippen LogP contribution in [0.1, 0.15) is 53.4 Å². The lowest BCUT2D eigenvalue weighted by molar-refractivity contribution is 0.0710. The Morgan fingerprint density at radius 1 is 0.950 bits per heavy atom. The van der Waals surface area contributed by atoms with E-state index in [9.17, 15) is 9.18 Å². The van der Waals surface area contributed by atoms with Crippen LogP contribution >= 0.6 is 0 Å². The molecular weight excluding hydrogens is 515 g/mol. The van der Waals surface area contributed by atoms with Crippen molar-refractivity contribution in [2.45, 2.75) is 31.9 Å². The molecule has 1 amide bonds. The molecule has 208 valence electrons. The van der Waals surface area contributed by atoms with E-state index in [1.54, 1.807) is 19.2 Å². The Bertz CT molecular complexity index is 1490. The molecule has 8 nitrogen and oxygen atoms in total. The minimum Gasteiger partial charge on any atom is -0.496 e. The van der Waals surface area contributed by atoms with Crippen molar-refractivity contribution in [1.29, 1.82) is 0 Å². The maximum Gasteiger partial charge on any atom is 0.274 e. The maximum absolute atomic E-state index is 13.8. The number of rotatable bonds is 7. The highest BCUT2D eigenvalue weighted by atomic mass is 19.1. The van der Waals surface area contributed by atoms with Gasteiger partial charge in [-0.3, -0.25) is 4.79 Å². The third-order valence-corrected chi connectivity index (χ3v) is 6.98. The fraction of sp³-hybridized carbons (Fsp3) is 0.290. The molecular formula is C31H31FN2O6. The van der Waals surface area contributed by atoms with Gasteiger partial charge in [0.1, 0.15) is 22.9 Å². The summed E-state index contributed by atoms with van der Waals surface area (Å²) in [7, 11) is 6.22. The van der Waals surface area contributed by atoms with E-state index in [0.29, 0.717) is 46.4 Å². The number of benzene rings is 3. The Hall–Kier alpha value is -4.53. The van der Waals surface area contributed by atoms with Crippen LogP contribution in [0.3, 0.4) is 0 Å². The van der Waals surface area contributed by atoms with Crippen LogP contribution in [0.2, 0.25) is 0 Å². The van der Waals surface area contributed by atoms with E-state index in [1.807, 2.05) is 38.1 Å². The molecule has 0 aromatic heterocycles. The number of hydrogen-bond acceptors (Lipinski definition) is 7. The van der Waals surface area contributed by atoms with E-state index in [1.165, 1.54) is 50.6 Å². The van der Waals surface area contributed by atoms with E-state index in [0.717, 1.165) is 16.7 Å². The molecule has 5 rings (SSSR count). The van der Waals surface area contributed by atoms with E-state index in [4.69, 9.17) is 28.8 Å². The van der Waals surface area contributed by atoms with Gasteiger partial charge in [0.05, 0.1) is 45.8 Å². The van der Waals surface area contributed by atoms with Crippen LogP contribution < -0.4 is 23.7 Å². The summed E-state index contributed by atoms with van der Waals surface area (Å²) in [5.41, 5.74) is 2.69. The first kappa shape index (κ1) is 27.1. The molecule has 2 aliphatic rings. The number of hydrogen-bond donors (Lipinski definition) is 0. The van der Waals surface area contributed by atoms with Crippen molar-refractivity contribution in [3.63, 3.8) is 0 Å². The highest BCUT2D eigenvalue weighted by molar-refractivity contribution is 6.07. The number of methoxy groups -OCH3 is 4. The number of carbonyl (C=O) groups excluding carboxylic acids is 1. The Balaban J connectivity index is 1.65. The van der Waals surface area contributed by atoms with Crippen molar-refractivity contribution < 1.29 is 32.9 Å². The summed E-state index contributed by atoms with van der Waals surface area (Å²) in [5, 5.41) is 6.25. The van der Waals surface area contributed by atoms with Crippen molar-refractivity contribution >= 4 is 17.7 Å². The summed E-state index contributed by atoms with van der Waals surface area (Å²) in [5.74, 6) is 1.84. The van der Waals surface area contributed by atoms with Gasteiger partial charge in [-0.2, -0.15) is 5.10 Å². The van der Waals surface area contributed by atoms with E-state index >= 15 is 0 Å². The molecule has 0 aliphatic carbocycles. The van der Waals surface area contributed by atoms with Gasteiger partial charge in [0.15, 0.2) is 11.5 Å². The predicted molar refractivity (Wildman–Crippen MR) is 149 cm³/mol.